The van der Waals surface area contributed by atoms with Crippen LogP contribution in [0.15, 0.2) is 12.1 Å². The molecule has 1 saturated heterocycles. The molecule has 0 radical (unpaired) electrons. The van der Waals surface area contributed by atoms with Gasteiger partial charge in [-0.1, -0.05) is 13.3 Å². The van der Waals surface area contributed by atoms with Crippen molar-refractivity contribution in [2.45, 2.75) is 38.8 Å². The number of hydrogen-bond donors (Lipinski definition) is 2. The summed E-state index contributed by atoms with van der Waals surface area (Å²) >= 11 is 0. The number of aliphatic hydroxyl groups is 1. The van der Waals surface area contributed by atoms with Gasteiger partial charge in [-0.15, -0.1) is 0 Å². The topological polar surface area (TPSA) is 82.9 Å². The predicted molar refractivity (Wildman–Crippen MR) is 78.8 cm³/mol. The molecule has 2 heterocycles. The molecule has 6 heteroatoms. The maximum absolute atomic E-state index is 11.3. The first-order chi connectivity index (χ1) is 10.0. The van der Waals surface area contributed by atoms with Crippen LogP contribution in [-0.4, -0.2) is 53.1 Å². The van der Waals surface area contributed by atoms with Gasteiger partial charge in [0.25, 0.3) is 0 Å². The molecule has 0 bridgehead atoms. The molecular weight excluding hydrogens is 272 g/mol. The van der Waals surface area contributed by atoms with E-state index in [0.717, 1.165) is 18.5 Å². The van der Waals surface area contributed by atoms with Crippen LogP contribution in [0.1, 0.15) is 36.3 Å². The molecule has 0 aliphatic carbocycles. The number of hydrogen-bond acceptors (Lipinski definition) is 5. The highest BCUT2D eigenvalue weighted by Gasteiger charge is 2.27. The summed E-state index contributed by atoms with van der Waals surface area (Å²) < 4.78 is 5.51. The van der Waals surface area contributed by atoms with Gasteiger partial charge in [-0.25, -0.2) is 9.78 Å². The first kappa shape index (κ1) is 15.7. The summed E-state index contributed by atoms with van der Waals surface area (Å²) in [7, 11) is 0. The molecule has 1 aliphatic heterocycles. The molecule has 1 aliphatic rings. The molecule has 116 valence electrons. The third kappa shape index (κ3) is 3.71. The number of morpholine rings is 1. The van der Waals surface area contributed by atoms with Gasteiger partial charge in [0.2, 0.25) is 0 Å². The molecule has 0 saturated carbocycles. The van der Waals surface area contributed by atoms with E-state index in [1.807, 2.05) is 18.7 Å². The Morgan fingerprint density at radius 1 is 1.52 bits per heavy atom. The smallest absolute Gasteiger partial charge is 0.335 e. The van der Waals surface area contributed by atoms with Crippen molar-refractivity contribution < 1.29 is 19.7 Å². The standard InChI is InChI=1S/C15H22N2O4/c1-3-4-12-5-11(15(19)20)6-14(16-12)17-7-13(8-18)21-9-10(17)2/h5-6,10,13,18H,3-4,7-9H2,1-2H3,(H,19,20). The van der Waals surface area contributed by atoms with Crippen LogP contribution in [0.3, 0.4) is 0 Å². The summed E-state index contributed by atoms with van der Waals surface area (Å²) in [6.07, 6.45) is 1.40. The number of carbonyl (C=O) groups is 1. The zero-order valence-corrected chi connectivity index (χ0v) is 12.5. The van der Waals surface area contributed by atoms with Gasteiger partial charge in [0.1, 0.15) is 5.82 Å². The molecular formula is C15H22N2O4. The third-order valence-corrected chi connectivity index (χ3v) is 3.62. The van der Waals surface area contributed by atoms with Crippen LogP contribution >= 0.6 is 0 Å². The highest BCUT2D eigenvalue weighted by atomic mass is 16.5. The number of aromatic nitrogens is 1. The zero-order chi connectivity index (χ0) is 15.4. The van der Waals surface area contributed by atoms with Gasteiger partial charge in [0.15, 0.2) is 0 Å². The molecule has 2 unspecified atom stereocenters. The van der Waals surface area contributed by atoms with Crippen LogP contribution < -0.4 is 4.90 Å². The summed E-state index contributed by atoms with van der Waals surface area (Å²) in [6, 6.07) is 3.32. The Morgan fingerprint density at radius 2 is 2.29 bits per heavy atom. The minimum atomic E-state index is -0.948. The Hall–Kier alpha value is -1.66. The largest absolute Gasteiger partial charge is 0.478 e. The van der Waals surface area contributed by atoms with E-state index in [4.69, 9.17) is 4.74 Å². The number of aliphatic hydroxyl groups excluding tert-OH is 1. The Labute approximate surface area is 124 Å². The summed E-state index contributed by atoms with van der Waals surface area (Å²) in [5.41, 5.74) is 1.04. The molecule has 21 heavy (non-hydrogen) atoms. The molecule has 6 nitrogen and oxygen atoms in total. The number of pyridine rings is 1. The summed E-state index contributed by atoms with van der Waals surface area (Å²) in [5.74, 6) is -0.303. The number of rotatable bonds is 5. The number of anilines is 1. The van der Waals surface area contributed by atoms with Crippen LogP contribution in [0.4, 0.5) is 5.82 Å². The van der Waals surface area contributed by atoms with Crippen molar-refractivity contribution in [2.24, 2.45) is 0 Å². The van der Waals surface area contributed by atoms with Gasteiger partial charge in [-0.05, 0) is 25.5 Å². The van der Waals surface area contributed by atoms with Crippen molar-refractivity contribution >= 4 is 11.8 Å². The number of carboxylic acids is 1. The van der Waals surface area contributed by atoms with Crippen molar-refractivity contribution in [1.29, 1.82) is 0 Å². The fourth-order valence-electron chi connectivity index (χ4n) is 2.47. The molecule has 0 amide bonds. The molecule has 2 atom stereocenters. The number of aryl methyl sites for hydroxylation is 1. The fourth-order valence-corrected chi connectivity index (χ4v) is 2.47. The van der Waals surface area contributed by atoms with Crippen LogP contribution in [0.25, 0.3) is 0 Å². The van der Waals surface area contributed by atoms with Crippen LogP contribution in [0, 0.1) is 0 Å². The van der Waals surface area contributed by atoms with Crippen molar-refractivity contribution in [2.75, 3.05) is 24.7 Å². The lowest BCUT2D eigenvalue weighted by molar-refractivity contribution is -0.0105. The van der Waals surface area contributed by atoms with E-state index in [1.54, 1.807) is 12.1 Å². The number of aromatic carboxylic acids is 1. The highest BCUT2D eigenvalue weighted by Crippen LogP contribution is 2.22. The number of ether oxygens (including phenoxy) is 1. The Balaban J connectivity index is 2.33. The van der Waals surface area contributed by atoms with E-state index in [9.17, 15) is 15.0 Å². The van der Waals surface area contributed by atoms with E-state index in [1.165, 1.54) is 0 Å². The van der Waals surface area contributed by atoms with E-state index in [-0.39, 0.29) is 24.3 Å². The minimum Gasteiger partial charge on any atom is -0.478 e. The normalized spacial score (nSPS) is 22.3. The lowest BCUT2D eigenvalue weighted by Gasteiger charge is -2.38. The van der Waals surface area contributed by atoms with Crippen molar-refractivity contribution in [3.05, 3.63) is 23.4 Å². The third-order valence-electron chi connectivity index (χ3n) is 3.62. The Morgan fingerprint density at radius 3 is 2.90 bits per heavy atom. The number of carboxylic acid groups (broad SMARTS) is 1. The van der Waals surface area contributed by atoms with Gasteiger partial charge in [-0.3, -0.25) is 0 Å². The van der Waals surface area contributed by atoms with E-state index < -0.39 is 5.97 Å². The van der Waals surface area contributed by atoms with E-state index in [2.05, 4.69) is 4.98 Å². The molecule has 1 aromatic rings. The maximum Gasteiger partial charge on any atom is 0.335 e. The van der Waals surface area contributed by atoms with Gasteiger partial charge >= 0.3 is 5.97 Å². The van der Waals surface area contributed by atoms with Gasteiger partial charge in [0, 0.05) is 12.2 Å². The number of nitrogens with zero attached hydrogens (tertiary/aromatic N) is 2. The van der Waals surface area contributed by atoms with Crippen molar-refractivity contribution in [1.82, 2.24) is 4.98 Å². The molecule has 0 spiro atoms. The SMILES string of the molecule is CCCc1cc(C(=O)O)cc(N2CC(CO)OCC2C)n1. The zero-order valence-electron chi connectivity index (χ0n) is 12.5. The second-order valence-electron chi connectivity index (χ2n) is 5.40. The first-order valence-corrected chi connectivity index (χ1v) is 7.28. The second-order valence-corrected chi connectivity index (χ2v) is 5.40. The van der Waals surface area contributed by atoms with Crippen LogP contribution in [-0.2, 0) is 11.2 Å². The monoisotopic (exact) mass is 294 g/mol. The van der Waals surface area contributed by atoms with E-state index >= 15 is 0 Å². The average molecular weight is 294 g/mol. The van der Waals surface area contributed by atoms with Crippen LogP contribution in [0.5, 0.6) is 0 Å². The average Bonchev–Trinajstić information content (AvgIpc) is 2.47. The van der Waals surface area contributed by atoms with Crippen molar-refractivity contribution in [3.8, 4) is 0 Å². The summed E-state index contributed by atoms with van der Waals surface area (Å²) in [4.78, 5) is 17.9. The molecule has 1 aromatic heterocycles. The Bertz CT molecular complexity index is 506. The minimum absolute atomic E-state index is 0.0519. The predicted octanol–water partition coefficient (Wildman–Crippen LogP) is 1.32. The van der Waals surface area contributed by atoms with Gasteiger partial charge in [-0.2, -0.15) is 0 Å². The molecule has 1 fully saturated rings. The molecule has 0 aromatic carbocycles. The lowest BCUT2D eigenvalue weighted by atomic mass is 10.1. The molecule has 2 N–H and O–H groups in total. The first-order valence-electron chi connectivity index (χ1n) is 7.28. The quantitative estimate of drug-likeness (QED) is 0.852. The van der Waals surface area contributed by atoms with Gasteiger partial charge < -0.3 is 19.8 Å². The van der Waals surface area contributed by atoms with Gasteiger partial charge in [0.05, 0.1) is 30.9 Å². The van der Waals surface area contributed by atoms with Crippen molar-refractivity contribution in [3.63, 3.8) is 0 Å². The maximum atomic E-state index is 11.3. The molecule has 2 rings (SSSR count). The second kappa shape index (κ2) is 6.87. The fraction of sp³-hybridized carbons (Fsp3) is 0.600. The highest BCUT2D eigenvalue weighted by molar-refractivity contribution is 5.88. The Kier molecular flexibility index (Phi) is 5.14. The summed E-state index contributed by atoms with van der Waals surface area (Å²) in [5, 5.41) is 18.5. The van der Waals surface area contributed by atoms with Crippen LogP contribution in [0.2, 0.25) is 0 Å². The van der Waals surface area contributed by atoms with E-state index in [0.29, 0.717) is 19.0 Å². The summed E-state index contributed by atoms with van der Waals surface area (Å²) in [6.45, 7) is 4.99. The lowest BCUT2D eigenvalue weighted by Crippen LogP contribution is -2.50.